The van der Waals surface area contributed by atoms with E-state index >= 15 is 8.78 Å². The Labute approximate surface area is 247 Å². The van der Waals surface area contributed by atoms with Crippen molar-refractivity contribution in [1.82, 2.24) is 0 Å². The molecule has 0 radical (unpaired) electrons. The summed E-state index contributed by atoms with van der Waals surface area (Å²) >= 11 is 0. The van der Waals surface area contributed by atoms with Crippen LogP contribution in [0.25, 0.3) is 22.3 Å². The maximum Gasteiger partial charge on any atom is 0.167 e. The minimum atomic E-state index is -0.839. The number of unbranched alkanes of at least 4 members (excludes halogenated alkanes) is 13. The molecule has 41 heavy (non-hydrogen) atoms. The van der Waals surface area contributed by atoms with Crippen LogP contribution >= 0.6 is 0 Å². The Hall–Kier alpha value is -2.88. The third-order valence-corrected chi connectivity index (χ3v) is 7.70. The van der Waals surface area contributed by atoms with E-state index in [0.29, 0.717) is 24.3 Å². The summed E-state index contributed by atoms with van der Waals surface area (Å²) in [4.78, 5) is 0. The van der Waals surface area contributed by atoms with Crippen LogP contribution in [0.1, 0.15) is 110 Å². The summed E-state index contributed by atoms with van der Waals surface area (Å²) < 4.78 is 41.9. The lowest BCUT2D eigenvalue weighted by atomic mass is 9.98. The van der Waals surface area contributed by atoms with Crippen LogP contribution < -0.4 is 9.47 Å². The quantitative estimate of drug-likeness (QED) is 0.120. The van der Waals surface area contributed by atoms with Gasteiger partial charge in [-0.05, 0) is 48.2 Å². The first-order valence-corrected chi connectivity index (χ1v) is 16.1. The molecule has 0 unspecified atom stereocenters. The van der Waals surface area contributed by atoms with Gasteiger partial charge in [0, 0.05) is 11.1 Å². The molecule has 0 saturated carbocycles. The first kappa shape index (κ1) is 32.6. The van der Waals surface area contributed by atoms with Gasteiger partial charge in [0.25, 0.3) is 0 Å². The molecule has 3 rings (SSSR count). The van der Waals surface area contributed by atoms with Crippen molar-refractivity contribution in [2.45, 2.75) is 110 Å². The molecule has 0 saturated heterocycles. The Kier molecular flexibility index (Phi) is 15.3. The summed E-state index contributed by atoms with van der Waals surface area (Å²) in [6.45, 7) is 5.80. The van der Waals surface area contributed by atoms with Gasteiger partial charge in [-0.15, -0.1) is 0 Å². The van der Waals surface area contributed by atoms with Gasteiger partial charge in [-0.1, -0.05) is 134 Å². The molecule has 0 fully saturated rings. The smallest absolute Gasteiger partial charge is 0.167 e. The lowest BCUT2D eigenvalue weighted by Crippen LogP contribution is -1.98. The number of hydrogen-bond acceptors (Lipinski definition) is 2. The van der Waals surface area contributed by atoms with Crippen molar-refractivity contribution in [3.8, 4) is 33.8 Å². The predicted molar refractivity (Wildman–Crippen MR) is 169 cm³/mol. The molecule has 0 spiro atoms. The third-order valence-electron chi connectivity index (χ3n) is 7.70. The molecule has 0 bridgehead atoms. The van der Waals surface area contributed by atoms with Crippen molar-refractivity contribution in [1.29, 1.82) is 0 Å². The van der Waals surface area contributed by atoms with Crippen molar-refractivity contribution in [3.05, 3.63) is 72.3 Å². The molecular weight excluding hydrogens is 514 g/mol. The highest BCUT2D eigenvalue weighted by Crippen LogP contribution is 2.33. The molecule has 0 heterocycles. The molecule has 0 amide bonds. The number of benzene rings is 3. The van der Waals surface area contributed by atoms with Crippen LogP contribution in [0.15, 0.2) is 60.7 Å². The summed E-state index contributed by atoms with van der Waals surface area (Å²) in [7, 11) is 0. The zero-order chi connectivity index (χ0) is 29.1. The fourth-order valence-corrected chi connectivity index (χ4v) is 5.13. The van der Waals surface area contributed by atoms with E-state index < -0.39 is 11.6 Å². The van der Waals surface area contributed by atoms with E-state index in [1.165, 1.54) is 77.0 Å². The van der Waals surface area contributed by atoms with Crippen molar-refractivity contribution < 1.29 is 18.3 Å². The largest absolute Gasteiger partial charge is 0.494 e. The monoisotopic (exact) mass is 564 g/mol. The van der Waals surface area contributed by atoms with E-state index in [1.54, 1.807) is 36.4 Å². The molecule has 0 aliphatic rings. The lowest BCUT2D eigenvalue weighted by Gasteiger charge is -2.11. The van der Waals surface area contributed by atoms with E-state index in [2.05, 4.69) is 13.8 Å². The van der Waals surface area contributed by atoms with Gasteiger partial charge in [0.2, 0.25) is 0 Å². The lowest BCUT2D eigenvalue weighted by molar-refractivity contribution is 0.304. The van der Waals surface area contributed by atoms with Crippen LogP contribution in [0.4, 0.5) is 8.78 Å². The maximum absolute atomic E-state index is 15.1. The van der Waals surface area contributed by atoms with Gasteiger partial charge in [-0.3, -0.25) is 0 Å². The minimum absolute atomic E-state index is 0.244. The van der Waals surface area contributed by atoms with Crippen LogP contribution in [0.3, 0.4) is 0 Å². The van der Waals surface area contributed by atoms with Crippen molar-refractivity contribution in [2.24, 2.45) is 0 Å². The minimum Gasteiger partial charge on any atom is -0.494 e. The number of rotatable bonds is 21. The summed E-state index contributed by atoms with van der Waals surface area (Å²) in [5.74, 6) is -0.176. The van der Waals surface area contributed by atoms with Gasteiger partial charge in [0.05, 0.1) is 13.2 Å². The normalized spacial score (nSPS) is 11.1. The highest BCUT2D eigenvalue weighted by molar-refractivity contribution is 5.72. The predicted octanol–water partition coefficient (Wildman–Crippen LogP) is 11.9. The SMILES string of the molecule is CCCCCCCCCCCCOc1ccc(-c2ccc(-c3ccc(OCCCCCCC)cc3)c(F)c2F)cc1. The van der Waals surface area contributed by atoms with Crippen LogP contribution in [-0.2, 0) is 0 Å². The highest BCUT2D eigenvalue weighted by atomic mass is 19.2. The van der Waals surface area contributed by atoms with E-state index in [0.717, 1.165) is 30.8 Å². The van der Waals surface area contributed by atoms with Crippen molar-refractivity contribution in [3.63, 3.8) is 0 Å². The Morgan fingerprint density at radius 3 is 1.07 bits per heavy atom. The van der Waals surface area contributed by atoms with Gasteiger partial charge in [0.1, 0.15) is 11.5 Å². The molecule has 2 nitrogen and oxygen atoms in total. The molecule has 0 atom stereocenters. The standard InChI is InChI=1S/C37H50F2O2/c1-3-5-7-9-10-11-12-13-15-17-29-41-33-24-20-31(21-25-33)35-27-26-34(36(38)37(35)39)30-18-22-32(23-19-30)40-28-16-14-8-6-4-2/h18-27H,3-17,28-29H2,1-2H3. The van der Waals surface area contributed by atoms with E-state index in [1.807, 2.05) is 24.3 Å². The number of hydrogen-bond donors (Lipinski definition) is 0. The van der Waals surface area contributed by atoms with Gasteiger partial charge >= 0.3 is 0 Å². The molecule has 0 aromatic heterocycles. The molecular formula is C37H50F2O2. The average Bonchev–Trinajstić information content (AvgIpc) is 3.00. The molecule has 4 heteroatoms. The van der Waals surface area contributed by atoms with Gasteiger partial charge in [0.15, 0.2) is 11.6 Å². The van der Waals surface area contributed by atoms with E-state index in [9.17, 15) is 0 Å². The summed E-state index contributed by atoms with van der Waals surface area (Å²) in [6.07, 6.45) is 18.8. The first-order valence-electron chi connectivity index (χ1n) is 16.1. The second-order valence-corrected chi connectivity index (χ2v) is 11.1. The summed E-state index contributed by atoms with van der Waals surface area (Å²) in [5.41, 5.74) is 1.74. The van der Waals surface area contributed by atoms with Crippen LogP contribution in [-0.4, -0.2) is 13.2 Å². The Morgan fingerprint density at radius 1 is 0.415 bits per heavy atom. The van der Waals surface area contributed by atoms with Gasteiger partial charge < -0.3 is 9.47 Å². The average molecular weight is 565 g/mol. The highest BCUT2D eigenvalue weighted by Gasteiger charge is 2.16. The maximum atomic E-state index is 15.1. The van der Waals surface area contributed by atoms with E-state index in [4.69, 9.17) is 9.47 Å². The van der Waals surface area contributed by atoms with Gasteiger partial charge in [-0.25, -0.2) is 8.78 Å². The Balaban J connectivity index is 1.43. The Morgan fingerprint density at radius 2 is 0.732 bits per heavy atom. The third kappa shape index (κ3) is 11.5. The molecule has 0 aliphatic heterocycles. The zero-order valence-corrected chi connectivity index (χ0v) is 25.4. The zero-order valence-electron chi connectivity index (χ0n) is 25.4. The Bertz CT molecular complexity index is 1110. The van der Waals surface area contributed by atoms with Crippen molar-refractivity contribution >= 4 is 0 Å². The second-order valence-electron chi connectivity index (χ2n) is 11.1. The van der Waals surface area contributed by atoms with Crippen LogP contribution in [0, 0.1) is 11.6 Å². The van der Waals surface area contributed by atoms with Crippen molar-refractivity contribution in [2.75, 3.05) is 13.2 Å². The fraction of sp³-hybridized carbons (Fsp3) is 0.514. The van der Waals surface area contributed by atoms with Gasteiger partial charge in [-0.2, -0.15) is 0 Å². The first-order chi connectivity index (χ1) is 20.1. The van der Waals surface area contributed by atoms with Crippen LogP contribution in [0.5, 0.6) is 11.5 Å². The number of ether oxygens (including phenoxy) is 2. The molecule has 0 N–H and O–H groups in total. The van der Waals surface area contributed by atoms with Crippen LogP contribution in [0.2, 0.25) is 0 Å². The van der Waals surface area contributed by atoms with E-state index in [-0.39, 0.29) is 11.1 Å². The summed E-state index contributed by atoms with van der Waals surface area (Å²) in [5, 5.41) is 0. The molecule has 0 aliphatic carbocycles. The number of halogens is 2. The second kappa shape index (κ2) is 19.3. The molecule has 3 aromatic rings. The molecule has 224 valence electrons. The fourth-order valence-electron chi connectivity index (χ4n) is 5.13. The molecule has 3 aromatic carbocycles. The summed E-state index contributed by atoms with van der Waals surface area (Å²) in [6, 6.07) is 17.7. The topological polar surface area (TPSA) is 18.5 Å².